The molecule has 5 heteroatoms. The molecule has 1 aliphatic carbocycles. The first-order valence-corrected chi connectivity index (χ1v) is 4.49. The fourth-order valence-corrected chi connectivity index (χ4v) is 2.40. The Hall–Kier alpha value is -0.910. The average Bonchev–Trinajstić information content (AvgIpc) is 2.19. The van der Waals surface area contributed by atoms with Gasteiger partial charge in [-0.2, -0.15) is 0 Å². The van der Waals surface area contributed by atoms with E-state index in [-0.39, 0.29) is 6.42 Å². The van der Waals surface area contributed by atoms with E-state index < -0.39 is 29.1 Å². The second kappa shape index (κ2) is 2.56. The quantitative estimate of drug-likeness (QED) is 0.382. The molecule has 0 aromatic heterocycles. The van der Waals surface area contributed by atoms with E-state index in [0.29, 0.717) is 0 Å². The molecule has 5 nitrogen and oxygen atoms in total. The van der Waals surface area contributed by atoms with Crippen LogP contribution in [0.25, 0.3) is 0 Å². The predicted octanol–water partition coefficient (Wildman–Crippen LogP) is -1.51. The van der Waals surface area contributed by atoms with Crippen LogP contribution in [0.3, 0.4) is 0 Å². The molecule has 78 valence electrons. The van der Waals surface area contributed by atoms with Crippen molar-refractivity contribution in [1.82, 2.24) is 5.32 Å². The van der Waals surface area contributed by atoms with E-state index >= 15 is 0 Å². The lowest BCUT2D eigenvalue weighted by Crippen LogP contribution is -2.54. The van der Waals surface area contributed by atoms with Crippen molar-refractivity contribution in [1.29, 1.82) is 0 Å². The van der Waals surface area contributed by atoms with Gasteiger partial charge >= 0.3 is 0 Å². The van der Waals surface area contributed by atoms with E-state index in [0.717, 1.165) is 0 Å². The number of carbonyl (C=O) groups is 1. The third-order valence-corrected chi connectivity index (χ3v) is 3.06. The molecule has 4 N–H and O–H groups in total. The highest BCUT2D eigenvalue weighted by Gasteiger charge is 2.62. The second-order valence-electron chi connectivity index (χ2n) is 4.24. The number of hydrogen-bond acceptors (Lipinski definition) is 4. The molecule has 0 saturated heterocycles. The molecule has 1 aliphatic heterocycles. The van der Waals surface area contributed by atoms with Gasteiger partial charge in [0.1, 0.15) is 11.5 Å². The largest absolute Gasteiger partial charge is 0.390 e. The van der Waals surface area contributed by atoms with Gasteiger partial charge in [-0.05, 0) is 13.0 Å². The van der Waals surface area contributed by atoms with Crippen LogP contribution in [-0.4, -0.2) is 38.5 Å². The molecular weight excluding hydrogens is 186 g/mol. The second-order valence-corrected chi connectivity index (χ2v) is 4.24. The molecule has 1 amide bonds. The van der Waals surface area contributed by atoms with Crippen molar-refractivity contribution >= 4 is 5.91 Å². The first-order chi connectivity index (χ1) is 6.38. The number of rotatable bonds is 0. The summed E-state index contributed by atoms with van der Waals surface area (Å²) >= 11 is 0. The minimum Gasteiger partial charge on any atom is -0.390 e. The van der Waals surface area contributed by atoms with Gasteiger partial charge in [0.2, 0.25) is 5.91 Å². The van der Waals surface area contributed by atoms with Crippen LogP contribution < -0.4 is 5.32 Å². The molecule has 1 saturated carbocycles. The lowest BCUT2D eigenvalue weighted by molar-refractivity contribution is -0.143. The number of amides is 1. The minimum absolute atomic E-state index is 0.00801. The summed E-state index contributed by atoms with van der Waals surface area (Å²) in [6.45, 7) is 1.44. The van der Waals surface area contributed by atoms with Crippen molar-refractivity contribution in [3.05, 3.63) is 12.3 Å². The maximum atomic E-state index is 11.4. The summed E-state index contributed by atoms with van der Waals surface area (Å²) in [6, 6.07) is 0. The lowest BCUT2D eigenvalue weighted by atomic mass is 9.81. The van der Waals surface area contributed by atoms with E-state index in [2.05, 4.69) is 5.32 Å². The number of carbonyl (C=O) groups excluding carboxylic acids is 1. The number of fused-ring (bicyclic) bond motifs is 1. The first-order valence-electron chi connectivity index (χ1n) is 4.49. The summed E-state index contributed by atoms with van der Waals surface area (Å²) in [5.41, 5.74) is -3.01. The Morgan fingerprint density at radius 1 is 1.57 bits per heavy atom. The van der Waals surface area contributed by atoms with Crippen molar-refractivity contribution in [2.75, 3.05) is 0 Å². The van der Waals surface area contributed by atoms with Gasteiger partial charge in [-0.1, -0.05) is 0 Å². The summed E-state index contributed by atoms with van der Waals surface area (Å²) in [5, 5.41) is 31.9. The van der Waals surface area contributed by atoms with Gasteiger partial charge in [0, 0.05) is 12.6 Å². The summed E-state index contributed by atoms with van der Waals surface area (Å²) in [5.74, 6) is -1.47. The van der Waals surface area contributed by atoms with Crippen LogP contribution in [-0.2, 0) is 4.79 Å². The summed E-state index contributed by atoms with van der Waals surface area (Å²) in [6.07, 6.45) is 1.51. The number of hydrogen-bond donors (Lipinski definition) is 4. The Labute approximate surface area is 81.1 Å². The van der Waals surface area contributed by atoms with Crippen molar-refractivity contribution in [3.8, 4) is 0 Å². The van der Waals surface area contributed by atoms with E-state index in [1.54, 1.807) is 0 Å². The monoisotopic (exact) mass is 199 g/mol. The normalized spacial score (nSPS) is 51.6. The fourth-order valence-electron chi connectivity index (χ4n) is 2.40. The van der Waals surface area contributed by atoms with Crippen LogP contribution in [0.15, 0.2) is 12.3 Å². The average molecular weight is 199 g/mol. The molecule has 1 heterocycles. The summed E-state index contributed by atoms with van der Waals surface area (Å²) in [7, 11) is 0. The standard InChI is InChI=1S/C9H13NO4/c1-8(13)4-5(11)9(14)2-3-10-7(12)6(8)9/h2-3,5-6,11,13-14H,4H2,1H3,(H,10,12)/t5-,6-,8+,9-/m1/s1. The van der Waals surface area contributed by atoms with Crippen molar-refractivity contribution < 1.29 is 20.1 Å². The minimum atomic E-state index is -1.63. The third kappa shape index (κ3) is 1.03. The SMILES string of the molecule is C[C@]1(O)C[C@@H](O)[C@]2(O)C=CNC(=O)[C@@H]21. The maximum Gasteiger partial charge on any atom is 0.233 e. The molecule has 0 radical (unpaired) electrons. The van der Waals surface area contributed by atoms with Crippen LogP contribution in [0.1, 0.15) is 13.3 Å². The van der Waals surface area contributed by atoms with Crippen LogP contribution >= 0.6 is 0 Å². The van der Waals surface area contributed by atoms with Crippen molar-refractivity contribution in [2.45, 2.75) is 30.7 Å². The smallest absolute Gasteiger partial charge is 0.233 e. The molecule has 0 aromatic carbocycles. The van der Waals surface area contributed by atoms with Crippen LogP contribution in [0.4, 0.5) is 0 Å². The highest BCUT2D eigenvalue weighted by atomic mass is 16.4. The number of aliphatic hydroxyl groups is 3. The van der Waals surface area contributed by atoms with Crippen LogP contribution in [0.5, 0.6) is 0 Å². The molecule has 2 aliphatic rings. The Balaban J connectivity index is 2.49. The van der Waals surface area contributed by atoms with Crippen LogP contribution in [0, 0.1) is 5.92 Å². The zero-order valence-corrected chi connectivity index (χ0v) is 7.77. The van der Waals surface area contributed by atoms with Crippen molar-refractivity contribution in [2.24, 2.45) is 5.92 Å². The maximum absolute atomic E-state index is 11.4. The molecule has 4 atom stereocenters. The highest BCUT2D eigenvalue weighted by Crippen LogP contribution is 2.45. The Morgan fingerprint density at radius 3 is 2.79 bits per heavy atom. The van der Waals surface area contributed by atoms with Crippen molar-refractivity contribution in [3.63, 3.8) is 0 Å². The van der Waals surface area contributed by atoms with Gasteiger partial charge in [-0.3, -0.25) is 4.79 Å². The fraction of sp³-hybridized carbons (Fsp3) is 0.667. The van der Waals surface area contributed by atoms with Gasteiger partial charge in [0.15, 0.2) is 0 Å². The van der Waals surface area contributed by atoms with Crippen LogP contribution in [0.2, 0.25) is 0 Å². The molecule has 0 unspecified atom stereocenters. The van der Waals surface area contributed by atoms with Gasteiger partial charge in [-0.25, -0.2) is 0 Å². The first kappa shape index (κ1) is 9.64. The Bertz CT molecular complexity index is 312. The number of nitrogens with one attached hydrogen (secondary N) is 1. The van der Waals surface area contributed by atoms with E-state index in [1.807, 2.05) is 0 Å². The van der Waals surface area contributed by atoms with E-state index in [1.165, 1.54) is 19.2 Å². The van der Waals surface area contributed by atoms with Gasteiger partial charge in [0.05, 0.1) is 11.7 Å². The Morgan fingerprint density at radius 2 is 2.21 bits per heavy atom. The molecule has 0 bridgehead atoms. The lowest BCUT2D eigenvalue weighted by Gasteiger charge is -2.35. The third-order valence-electron chi connectivity index (χ3n) is 3.06. The van der Waals surface area contributed by atoms with E-state index in [4.69, 9.17) is 0 Å². The number of aliphatic hydroxyl groups excluding tert-OH is 1. The molecule has 0 spiro atoms. The molecule has 2 rings (SSSR count). The molecule has 0 aromatic rings. The predicted molar refractivity (Wildman–Crippen MR) is 47.0 cm³/mol. The highest BCUT2D eigenvalue weighted by molar-refractivity contribution is 5.84. The molecule has 1 fully saturated rings. The van der Waals surface area contributed by atoms with E-state index in [9.17, 15) is 20.1 Å². The topological polar surface area (TPSA) is 89.8 Å². The van der Waals surface area contributed by atoms with Gasteiger partial charge < -0.3 is 20.6 Å². The van der Waals surface area contributed by atoms with Gasteiger partial charge in [0.25, 0.3) is 0 Å². The summed E-state index contributed by atoms with van der Waals surface area (Å²) in [4.78, 5) is 11.4. The zero-order valence-electron chi connectivity index (χ0n) is 7.77. The zero-order chi connectivity index (χ0) is 10.6. The summed E-state index contributed by atoms with van der Waals surface area (Å²) < 4.78 is 0. The molecular formula is C9H13NO4. The Kier molecular flexibility index (Phi) is 1.76. The molecule has 14 heavy (non-hydrogen) atoms. The van der Waals surface area contributed by atoms with Gasteiger partial charge in [-0.15, -0.1) is 0 Å².